The molecule has 2 atom stereocenters. The predicted molar refractivity (Wildman–Crippen MR) is 125 cm³/mol. The van der Waals surface area contributed by atoms with Crippen LogP contribution in [0.2, 0.25) is 0 Å². The lowest BCUT2D eigenvalue weighted by Crippen LogP contribution is -2.34. The number of fused-ring (bicyclic) bond motifs is 4. The number of aromatic nitrogens is 1. The molecule has 0 amide bonds. The quantitative estimate of drug-likeness (QED) is 0.491. The molecule has 0 bridgehead atoms. The molecule has 1 spiro atoms. The van der Waals surface area contributed by atoms with Crippen molar-refractivity contribution >= 4 is 0 Å². The van der Waals surface area contributed by atoms with Crippen LogP contribution in [0.1, 0.15) is 124 Å². The zero-order chi connectivity index (χ0) is 24.5. The van der Waals surface area contributed by atoms with Gasteiger partial charge in [-0.25, -0.2) is 0 Å². The zero-order valence-corrected chi connectivity index (χ0v) is 20.4. The highest BCUT2D eigenvalue weighted by molar-refractivity contribution is 5.54. The van der Waals surface area contributed by atoms with Crippen molar-refractivity contribution in [1.29, 1.82) is 0 Å². The maximum atomic E-state index is 13.2. The van der Waals surface area contributed by atoms with Crippen LogP contribution in [0.4, 0.5) is 13.2 Å². The summed E-state index contributed by atoms with van der Waals surface area (Å²) in [4.78, 5) is 5.12. The molecule has 1 N–H and O–H groups in total. The van der Waals surface area contributed by atoms with Gasteiger partial charge < -0.3 is 9.84 Å². The number of hydrogen-bond donors (Lipinski definition) is 1. The van der Waals surface area contributed by atoms with E-state index in [1.807, 2.05) is 0 Å². The summed E-state index contributed by atoms with van der Waals surface area (Å²) in [5.74, 6) is 0.125. The molecule has 1 aliphatic heterocycles. The molecule has 1 unspecified atom stereocenters. The van der Waals surface area contributed by atoms with Crippen molar-refractivity contribution in [2.45, 2.75) is 103 Å². The van der Waals surface area contributed by atoms with E-state index in [2.05, 4.69) is 27.7 Å². The molecule has 3 aliphatic rings. The van der Waals surface area contributed by atoms with Gasteiger partial charge in [0.15, 0.2) is 0 Å². The van der Waals surface area contributed by atoms with Crippen molar-refractivity contribution in [3.63, 3.8) is 0 Å². The smallest absolute Gasteiger partial charge is 0.388 e. The molecule has 1 aromatic carbocycles. The average molecular weight is 474 g/mol. The van der Waals surface area contributed by atoms with Crippen LogP contribution in [0.3, 0.4) is 0 Å². The van der Waals surface area contributed by atoms with E-state index in [0.29, 0.717) is 12.0 Å². The molecule has 2 aliphatic carbocycles. The Morgan fingerprint density at radius 1 is 1.03 bits per heavy atom. The molecule has 184 valence electrons. The van der Waals surface area contributed by atoms with E-state index in [-0.39, 0.29) is 11.3 Å². The first-order valence-electron chi connectivity index (χ1n) is 12.5. The van der Waals surface area contributed by atoms with Gasteiger partial charge in [-0.1, -0.05) is 59.1 Å². The lowest BCUT2D eigenvalue weighted by molar-refractivity contribution is -0.137. The number of pyridine rings is 1. The molecular weight excluding hydrogens is 439 g/mol. The maximum Gasteiger partial charge on any atom is 0.416 e. The monoisotopic (exact) mass is 473 g/mol. The highest BCUT2D eigenvalue weighted by Crippen LogP contribution is 2.58. The highest BCUT2D eigenvalue weighted by atomic mass is 19.4. The van der Waals surface area contributed by atoms with Crippen LogP contribution in [0.25, 0.3) is 0 Å². The van der Waals surface area contributed by atoms with Gasteiger partial charge in [-0.15, -0.1) is 0 Å². The second-order valence-corrected chi connectivity index (χ2v) is 11.5. The minimum Gasteiger partial charge on any atom is -0.388 e. The summed E-state index contributed by atoms with van der Waals surface area (Å²) in [6, 6.07) is 5.37. The third-order valence-corrected chi connectivity index (χ3v) is 7.92. The van der Waals surface area contributed by atoms with E-state index >= 15 is 0 Å². The SMILES string of the molecule is CC(C)c1nc2c(c3c1C(c1ccc(C(F)(F)F)cc1)OC31CCCCC1)[C@@H](O)CC(C)(C)C2. The van der Waals surface area contributed by atoms with Gasteiger partial charge in [0, 0.05) is 22.5 Å². The molecule has 3 nitrogen and oxygen atoms in total. The number of nitrogens with zero attached hydrogens (tertiary/aromatic N) is 1. The van der Waals surface area contributed by atoms with Crippen LogP contribution < -0.4 is 0 Å². The Labute approximate surface area is 199 Å². The first kappa shape index (κ1) is 23.8. The highest BCUT2D eigenvalue weighted by Gasteiger charge is 2.52. The molecular formula is C28H34F3NO2. The normalized spacial score (nSPS) is 25.4. The van der Waals surface area contributed by atoms with Crippen LogP contribution in [-0.2, 0) is 22.9 Å². The Bertz CT molecular complexity index is 1080. The van der Waals surface area contributed by atoms with Crippen LogP contribution >= 0.6 is 0 Å². The minimum absolute atomic E-state index is 0.0477. The Morgan fingerprint density at radius 2 is 1.68 bits per heavy atom. The van der Waals surface area contributed by atoms with E-state index in [1.165, 1.54) is 0 Å². The molecule has 6 heteroatoms. The molecule has 1 fully saturated rings. The van der Waals surface area contributed by atoms with Gasteiger partial charge in [0.1, 0.15) is 6.10 Å². The molecule has 0 saturated heterocycles. The second-order valence-electron chi connectivity index (χ2n) is 11.5. The Balaban J connectivity index is 1.74. The van der Waals surface area contributed by atoms with E-state index in [1.54, 1.807) is 12.1 Å². The van der Waals surface area contributed by atoms with Gasteiger partial charge in [-0.2, -0.15) is 13.2 Å². The Hall–Kier alpha value is -1.92. The Morgan fingerprint density at radius 3 is 2.26 bits per heavy atom. The average Bonchev–Trinajstić information content (AvgIpc) is 3.06. The van der Waals surface area contributed by atoms with E-state index in [0.717, 1.165) is 78.7 Å². The molecule has 2 heterocycles. The van der Waals surface area contributed by atoms with Gasteiger partial charge in [-0.3, -0.25) is 4.98 Å². The summed E-state index contributed by atoms with van der Waals surface area (Å²) in [6.07, 6.45) is 0.932. The largest absolute Gasteiger partial charge is 0.416 e. The maximum absolute atomic E-state index is 13.2. The number of rotatable bonds is 2. The van der Waals surface area contributed by atoms with Crippen molar-refractivity contribution in [2.75, 3.05) is 0 Å². The number of alkyl halides is 3. The second kappa shape index (κ2) is 8.06. The number of hydrogen-bond acceptors (Lipinski definition) is 3. The lowest BCUT2D eigenvalue weighted by atomic mass is 9.68. The number of aliphatic hydroxyl groups is 1. The van der Waals surface area contributed by atoms with Crippen molar-refractivity contribution in [3.05, 3.63) is 63.5 Å². The van der Waals surface area contributed by atoms with Crippen molar-refractivity contribution < 1.29 is 23.0 Å². The van der Waals surface area contributed by atoms with Gasteiger partial charge in [0.05, 0.1) is 17.3 Å². The molecule has 1 saturated carbocycles. The summed E-state index contributed by atoms with van der Waals surface area (Å²) in [5.41, 5.74) is 4.41. The Kier molecular flexibility index (Phi) is 5.64. The van der Waals surface area contributed by atoms with Crippen LogP contribution in [0, 0.1) is 5.41 Å². The van der Waals surface area contributed by atoms with Gasteiger partial charge in [-0.05, 0) is 60.3 Å². The molecule has 1 aromatic heterocycles. The van der Waals surface area contributed by atoms with Gasteiger partial charge >= 0.3 is 6.18 Å². The predicted octanol–water partition coefficient (Wildman–Crippen LogP) is 7.51. The standard InChI is InChI=1S/C28H34F3NO2/c1-16(2)24-22-23(21-19(32-24)14-26(3,4)15-20(21)33)27(12-6-5-7-13-27)34-25(22)17-8-10-18(11-9-17)28(29,30)31/h8-11,16,20,25,33H,5-7,12-15H2,1-4H3/t20-,25?/m0/s1. The minimum atomic E-state index is -4.38. The molecule has 5 rings (SSSR count). The lowest BCUT2D eigenvalue weighted by Gasteiger charge is -2.40. The third-order valence-electron chi connectivity index (χ3n) is 7.92. The van der Waals surface area contributed by atoms with Gasteiger partial charge in [0.2, 0.25) is 0 Å². The first-order valence-corrected chi connectivity index (χ1v) is 12.5. The number of ether oxygens (including phenoxy) is 1. The fourth-order valence-electron chi connectivity index (χ4n) is 6.44. The topological polar surface area (TPSA) is 42.4 Å². The molecule has 34 heavy (non-hydrogen) atoms. The fourth-order valence-corrected chi connectivity index (χ4v) is 6.44. The summed E-state index contributed by atoms with van der Waals surface area (Å²) in [5, 5.41) is 11.4. The van der Waals surface area contributed by atoms with Crippen LogP contribution in [0.15, 0.2) is 24.3 Å². The summed E-state index contributed by atoms with van der Waals surface area (Å²) in [6.45, 7) is 8.55. The number of benzene rings is 1. The summed E-state index contributed by atoms with van der Waals surface area (Å²) >= 11 is 0. The first-order chi connectivity index (χ1) is 15.9. The van der Waals surface area contributed by atoms with E-state index in [4.69, 9.17) is 9.72 Å². The third kappa shape index (κ3) is 3.87. The van der Waals surface area contributed by atoms with E-state index in [9.17, 15) is 18.3 Å². The van der Waals surface area contributed by atoms with E-state index < -0.39 is 29.5 Å². The zero-order valence-electron chi connectivity index (χ0n) is 20.4. The van der Waals surface area contributed by atoms with Crippen LogP contribution in [-0.4, -0.2) is 10.1 Å². The molecule has 2 aromatic rings. The summed E-state index contributed by atoms with van der Waals surface area (Å²) in [7, 11) is 0. The molecule has 0 radical (unpaired) electrons. The number of halogens is 3. The van der Waals surface area contributed by atoms with Crippen molar-refractivity contribution in [1.82, 2.24) is 4.98 Å². The van der Waals surface area contributed by atoms with Crippen LogP contribution in [0.5, 0.6) is 0 Å². The van der Waals surface area contributed by atoms with Gasteiger partial charge in [0.25, 0.3) is 0 Å². The van der Waals surface area contributed by atoms with Crippen molar-refractivity contribution in [3.8, 4) is 0 Å². The summed E-state index contributed by atoms with van der Waals surface area (Å²) < 4.78 is 46.5. The fraction of sp³-hybridized carbons (Fsp3) is 0.607. The van der Waals surface area contributed by atoms with Crippen molar-refractivity contribution in [2.24, 2.45) is 5.41 Å². The number of aliphatic hydroxyl groups excluding tert-OH is 1.